The number of methoxy groups -OCH3 is 4. The molecule has 496 valence electrons. The van der Waals surface area contributed by atoms with Crippen LogP contribution in [0, 0.1) is 0 Å². The predicted octanol–water partition coefficient (Wildman–Crippen LogP) is -3.07. The fourth-order valence-electron chi connectivity index (χ4n) is 6.94. The molecule has 0 saturated heterocycles. The number of ether oxygens (including phenoxy) is 16. The van der Waals surface area contributed by atoms with E-state index in [-0.39, 0.29) is 116 Å². The summed E-state index contributed by atoms with van der Waals surface area (Å²) in [6, 6.07) is -1.09. The SMILES string of the molecule is COCCOCCOCCOCCNC(=O)CCCNC(=O)CN(CCOCCOCCOCCOC)C(=O)CC[C@H](NCO)C(=O)N(CCOCCOCCOCCOC)CC(O)NCCCC(=O)NCCOCCOCCOCCOC. The van der Waals surface area contributed by atoms with E-state index in [1.807, 2.05) is 0 Å². The first-order valence-electron chi connectivity index (χ1n) is 29.1. The van der Waals surface area contributed by atoms with E-state index in [0.717, 1.165) is 0 Å². The smallest absolute Gasteiger partial charge is 0.240 e. The number of rotatable bonds is 67. The number of hydrogen-bond acceptors (Lipinski definition) is 25. The van der Waals surface area contributed by atoms with Gasteiger partial charge in [0.05, 0.1) is 211 Å². The number of carbonyl (C=O) groups excluding carboxylic acids is 5. The molecule has 0 heterocycles. The lowest BCUT2D eigenvalue weighted by Gasteiger charge is -2.30. The maximum Gasteiger partial charge on any atom is 0.240 e. The minimum atomic E-state index is -1.22. The Balaban J connectivity index is 5.43. The average molecular weight is 1220 g/mol. The van der Waals surface area contributed by atoms with Crippen LogP contribution in [-0.4, -0.2) is 334 Å². The van der Waals surface area contributed by atoms with Crippen LogP contribution < -0.4 is 26.6 Å². The summed E-state index contributed by atoms with van der Waals surface area (Å²) in [7, 11) is 6.39. The molecule has 1 unspecified atom stereocenters. The fraction of sp³-hybridized carbons (Fsp3) is 0.907. The van der Waals surface area contributed by atoms with E-state index in [0.29, 0.717) is 171 Å². The molecule has 0 aliphatic rings. The van der Waals surface area contributed by atoms with Crippen LogP contribution in [0.5, 0.6) is 0 Å². The van der Waals surface area contributed by atoms with Crippen molar-refractivity contribution >= 4 is 29.5 Å². The molecule has 84 heavy (non-hydrogen) atoms. The van der Waals surface area contributed by atoms with Gasteiger partial charge in [0.1, 0.15) is 6.23 Å². The van der Waals surface area contributed by atoms with Crippen LogP contribution in [0.15, 0.2) is 0 Å². The van der Waals surface area contributed by atoms with Gasteiger partial charge in [-0.05, 0) is 25.8 Å². The molecule has 0 bridgehead atoms. The average Bonchev–Trinajstić information content (AvgIpc) is 3.59. The van der Waals surface area contributed by atoms with E-state index in [9.17, 15) is 34.2 Å². The van der Waals surface area contributed by atoms with Crippen molar-refractivity contribution in [2.45, 2.75) is 50.8 Å². The molecule has 0 aliphatic heterocycles. The van der Waals surface area contributed by atoms with E-state index in [1.165, 1.54) is 9.80 Å². The Kier molecular flexibility index (Phi) is 61.4. The maximum atomic E-state index is 14.2. The summed E-state index contributed by atoms with van der Waals surface area (Å²) in [6.07, 6.45) is -0.471. The second kappa shape index (κ2) is 64.0. The second-order valence-corrected chi connectivity index (χ2v) is 18.1. The van der Waals surface area contributed by atoms with Crippen LogP contribution >= 0.6 is 0 Å². The predicted molar refractivity (Wildman–Crippen MR) is 305 cm³/mol. The quantitative estimate of drug-likeness (QED) is 0.0235. The van der Waals surface area contributed by atoms with Crippen molar-refractivity contribution < 1.29 is 110 Å². The van der Waals surface area contributed by atoms with E-state index in [1.54, 1.807) is 28.4 Å². The van der Waals surface area contributed by atoms with Crippen molar-refractivity contribution in [2.24, 2.45) is 0 Å². The van der Waals surface area contributed by atoms with Crippen molar-refractivity contribution in [1.82, 2.24) is 36.4 Å². The molecule has 30 nitrogen and oxygen atoms in total. The Morgan fingerprint density at radius 2 is 0.714 bits per heavy atom. The summed E-state index contributed by atoms with van der Waals surface area (Å²) >= 11 is 0. The molecular formula is C54H107N7O23. The summed E-state index contributed by atoms with van der Waals surface area (Å²) in [6.45, 7) is 10.4. The zero-order valence-corrected chi connectivity index (χ0v) is 50.9. The Bertz CT molecular complexity index is 1510. The fourth-order valence-corrected chi connectivity index (χ4v) is 6.94. The first kappa shape index (κ1) is 80.5. The lowest BCUT2D eigenvalue weighted by molar-refractivity contribution is -0.139. The zero-order chi connectivity index (χ0) is 61.5. The molecule has 0 aliphatic carbocycles. The molecule has 0 spiro atoms. The topological polar surface area (TPSA) is 340 Å². The molecule has 7 N–H and O–H groups in total. The van der Waals surface area contributed by atoms with Crippen molar-refractivity contribution in [1.29, 1.82) is 0 Å². The van der Waals surface area contributed by atoms with Crippen LogP contribution in [0.3, 0.4) is 0 Å². The van der Waals surface area contributed by atoms with Crippen molar-refractivity contribution in [3.8, 4) is 0 Å². The molecule has 0 radical (unpaired) electrons. The second-order valence-electron chi connectivity index (χ2n) is 18.1. The summed E-state index contributed by atoms with van der Waals surface area (Å²) < 4.78 is 85.7. The number of hydrogen-bond donors (Lipinski definition) is 7. The van der Waals surface area contributed by atoms with E-state index < -0.39 is 36.7 Å². The summed E-state index contributed by atoms with van der Waals surface area (Å²) in [5, 5.41) is 35.1. The summed E-state index contributed by atoms with van der Waals surface area (Å²) in [4.78, 5) is 68.9. The van der Waals surface area contributed by atoms with Gasteiger partial charge in [0, 0.05) is 80.4 Å². The van der Waals surface area contributed by atoms with Crippen molar-refractivity contribution in [3.05, 3.63) is 0 Å². The molecule has 0 aromatic heterocycles. The number of amides is 5. The number of aliphatic hydroxyl groups is 2. The number of aliphatic hydroxyl groups excluding tert-OH is 2. The molecule has 5 amide bonds. The molecule has 0 rings (SSSR count). The van der Waals surface area contributed by atoms with Crippen LogP contribution in [-0.2, 0) is 99.8 Å². The van der Waals surface area contributed by atoms with Gasteiger partial charge in [0.15, 0.2) is 0 Å². The highest BCUT2D eigenvalue weighted by Gasteiger charge is 2.28. The largest absolute Gasteiger partial charge is 0.382 e. The molecule has 0 fully saturated rings. The normalized spacial score (nSPS) is 12.1. The van der Waals surface area contributed by atoms with Crippen LogP contribution in [0.25, 0.3) is 0 Å². The zero-order valence-electron chi connectivity index (χ0n) is 50.9. The monoisotopic (exact) mass is 1220 g/mol. The molecule has 2 atom stereocenters. The van der Waals surface area contributed by atoms with Gasteiger partial charge in [-0.2, -0.15) is 0 Å². The van der Waals surface area contributed by atoms with Gasteiger partial charge < -0.3 is 112 Å². The van der Waals surface area contributed by atoms with Crippen LogP contribution in [0.2, 0.25) is 0 Å². The third-order valence-corrected chi connectivity index (χ3v) is 11.4. The van der Waals surface area contributed by atoms with Gasteiger partial charge in [0.2, 0.25) is 29.5 Å². The highest BCUT2D eigenvalue weighted by Crippen LogP contribution is 2.08. The number of carbonyl (C=O) groups is 5. The van der Waals surface area contributed by atoms with Gasteiger partial charge in [-0.3, -0.25) is 34.6 Å². The maximum absolute atomic E-state index is 14.2. The Morgan fingerprint density at radius 3 is 1.10 bits per heavy atom. The van der Waals surface area contributed by atoms with Crippen LogP contribution in [0.1, 0.15) is 38.5 Å². The van der Waals surface area contributed by atoms with Gasteiger partial charge in [-0.25, -0.2) is 0 Å². The third-order valence-electron chi connectivity index (χ3n) is 11.4. The summed E-state index contributed by atoms with van der Waals surface area (Å²) in [5.74, 6) is -1.86. The van der Waals surface area contributed by atoms with Gasteiger partial charge in [-0.15, -0.1) is 0 Å². The van der Waals surface area contributed by atoms with Crippen molar-refractivity contribution in [3.63, 3.8) is 0 Å². The molecular weight excluding hydrogens is 1110 g/mol. The lowest BCUT2D eigenvalue weighted by atomic mass is 10.1. The standard InChI is InChI=1S/C54H107N7O23/c1-69-21-25-77-37-41-81-33-29-73-17-13-57-49(63)7-5-11-55-51(65)45-60(15-19-75-31-35-83-43-39-79-27-23-71-3)53(67)10-9-48(59-47-62)54(68)61(16-20-76-32-36-84-44-40-80-28-24-72-4)46-52(66)56-12-6-8-50(64)58-14-18-74-30-34-82-42-38-78-26-22-70-2/h48,52,56,59,62,66H,5-47H2,1-4H3,(H,55,65)(H,57,63)(H,58,64)/t48-,52?/m0/s1. The Hall–Kier alpha value is -3.45. The first-order valence-corrected chi connectivity index (χ1v) is 29.1. The van der Waals surface area contributed by atoms with E-state index in [2.05, 4.69) is 26.6 Å². The number of nitrogens with zero attached hydrogens (tertiary/aromatic N) is 2. The van der Waals surface area contributed by atoms with Crippen molar-refractivity contribution in [2.75, 3.05) is 273 Å². The lowest BCUT2D eigenvalue weighted by Crippen LogP contribution is -2.52. The molecule has 0 saturated carbocycles. The Labute approximate surface area is 498 Å². The molecule has 30 heteroatoms. The van der Waals surface area contributed by atoms with Crippen LogP contribution in [0.4, 0.5) is 0 Å². The van der Waals surface area contributed by atoms with E-state index in [4.69, 9.17) is 75.8 Å². The van der Waals surface area contributed by atoms with Gasteiger partial charge in [-0.1, -0.05) is 0 Å². The third kappa shape index (κ3) is 55.2. The highest BCUT2D eigenvalue weighted by atomic mass is 16.6. The minimum Gasteiger partial charge on any atom is -0.382 e. The van der Waals surface area contributed by atoms with Gasteiger partial charge >= 0.3 is 0 Å². The minimum absolute atomic E-state index is 0.0306. The van der Waals surface area contributed by atoms with Gasteiger partial charge in [0.25, 0.3) is 0 Å². The molecule has 0 aromatic carbocycles. The van der Waals surface area contributed by atoms with E-state index >= 15 is 0 Å². The number of nitrogens with one attached hydrogen (secondary N) is 5. The summed E-state index contributed by atoms with van der Waals surface area (Å²) in [5.41, 5.74) is 0. The first-order chi connectivity index (χ1) is 41.1. The highest BCUT2D eigenvalue weighted by molar-refractivity contribution is 5.86. The molecule has 0 aromatic rings. The Morgan fingerprint density at radius 1 is 0.381 bits per heavy atom.